The van der Waals surface area contributed by atoms with Gasteiger partial charge < -0.3 is 5.21 Å². The van der Waals surface area contributed by atoms with Crippen molar-refractivity contribution in [2.24, 2.45) is 5.16 Å². The van der Waals surface area contributed by atoms with Gasteiger partial charge in [0.25, 0.3) is 5.56 Å². The third-order valence-corrected chi connectivity index (χ3v) is 4.69. The Morgan fingerprint density at radius 3 is 2.48 bits per heavy atom. The molecule has 2 aromatic rings. The fourth-order valence-corrected chi connectivity index (χ4v) is 3.49. The van der Waals surface area contributed by atoms with Crippen molar-refractivity contribution in [2.75, 3.05) is 0 Å². The SMILES string of the molecule is CCn1c(=O)c2c(C)c(/C=N\O)sc2n(CCC(F)(F)F)c1=O. The van der Waals surface area contributed by atoms with E-state index in [9.17, 15) is 22.8 Å². The van der Waals surface area contributed by atoms with Crippen LogP contribution in [0.4, 0.5) is 13.2 Å². The molecule has 0 fully saturated rings. The first-order valence-corrected chi connectivity index (χ1v) is 7.53. The fraction of sp³-hybridized carbons (Fsp3) is 0.462. The van der Waals surface area contributed by atoms with Gasteiger partial charge in [-0.1, -0.05) is 5.16 Å². The smallest absolute Gasteiger partial charge is 0.390 e. The largest absolute Gasteiger partial charge is 0.411 e. The van der Waals surface area contributed by atoms with Gasteiger partial charge in [0, 0.05) is 13.1 Å². The molecule has 0 aliphatic rings. The number of fused-ring (bicyclic) bond motifs is 1. The van der Waals surface area contributed by atoms with Crippen LogP contribution >= 0.6 is 11.3 Å². The van der Waals surface area contributed by atoms with Crippen molar-refractivity contribution in [3.8, 4) is 0 Å². The molecule has 0 aliphatic carbocycles. The van der Waals surface area contributed by atoms with Gasteiger partial charge in [-0.3, -0.25) is 13.9 Å². The Balaban J connectivity index is 2.81. The number of rotatable bonds is 4. The monoisotopic (exact) mass is 349 g/mol. The van der Waals surface area contributed by atoms with Crippen LogP contribution in [0.1, 0.15) is 23.8 Å². The van der Waals surface area contributed by atoms with Crippen LogP contribution in [0.25, 0.3) is 10.2 Å². The summed E-state index contributed by atoms with van der Waals surface area (Å²) in [6.07, 6.45) is -4.50. The molecule has 0 amide bonds. The van der Waals surface area contributed by atoms with Gasteiger partial charge in [0.2, 0.25) is 0 Å². The number of aromatic nitrogens is 2. The summed E-state index contributed by atoms with van der Waals surface area (Å²) in [6, 6.07) is 0. The zero-order valence-electron chi connectivity index (χ0n) is 12.3. The molecule has 0 aromatic carbocycles. The number of thiophene rings is 1. The molecular formula is C13H14F3N3O3S. The maximum absolute atomic E-state index is 12.5. The normalized spacial score (nSPS) is 12.6. The first kappa shape index (κ1) is 17.3. The summed E-state index contributed by atoms with van der Waals surface area (Å²) in [5, 5.41) is 11.7. The third-order valence-electron chi connectivity index (χ3n) is 3.44. The van der Waals surface area contributed by atoms with Crippen molar-refractivity contribution in [3.05, 3.63) is 31.3 Å². The highest BCUT2D eigenvalue weighted by atomic mass is 32.1. The van der Waals surface area contributed by atoms with Gasteiger partial charge in [0.15, 0.2) is 0 Å². The summed E-state index contributed by atoms with van der Waals surface area (Å²) in [5.74, 6) is 0. The van der Waals surface area contributed by atoms with Crippen molar-refractivity contribution in [2.45, 2.75) is 39.5 Å². The zero-order chi connectivity index (χ0) is 17.4. The molecule has 0 saturated carbocycles. The molecule has 0 unspecified atom stereocenters. The van der Waals surface area contributed by atoms with E-state index in [1.165, 1.54) is 0 Å². The number of aryl methyl sites for hydroxylation is 2. The Kier molecular flexibility index (Phi) is 4.64. The van der Waals surface area contributed by atoms with E-state index in [0.717, 1.165) is 26.7 Å². The number of oxime groups is 1. The van der Waals surface area contributed by atoms with E-state index in [2.05, 4.69) is 5.16 Å². The van der Waals surface area contributed by atoms with E-state index >= 15 is 0 Å². The van der Waals surface area contributed by atoms with Crippen LogP contribution < -0.4 is 11.2 Å². The van der Waals surface area contributed by atoms with Crippen LogP contribution in [0, 0.1) is 6.92 Å². The lowest BCUT2D eigenvalue weighted by Gasteiger charge is -2.12. The molecule has 126 valence electrons. The summed E-state index contributed by atoms with van der Waals surface area (Å²) >= 11 is 0.946. The summed E-state index contributed by atoms with van der Waals surface area (Å²) in [6.45, 7) is 2.64. The van der Waals surface area contributed by atoms with Gasteiger partial charge in [-0.2, -0.15) is 13.2 Å². The van der Waals surface area contributed by atoms with E-state index < -0.39 is 30.4 Å². The molecule has 2 aromatic heterocycles. The lowest BCUT2D eigenvalue weighted by atomic mass is 10.2. The molecule has 1 N–H and O–H groups in total. The Labute approximate surface area is 132 Å². The highest BCUT2D eigenvalue weighted by Gasteiger charge is 2.28. The first-order chi connectivity index (χ1) is 10.7. The Bertz CT molecular complexity index is 877. The molecule has 0 saturated heterocycles. The third kappa shape index (κ3) is 3.16. The van der Waals surface area contributed by atoms with Crippen molar-refractivity contribution in [1.29, 1.82) is 0 Å². The molecule has 0 atom stereocenters. The van der Waals surface area contributed by atoms with E-state index in [4.69, 9.17) is 5.21 Å². The summed E-state index contributed by atoms with van der Waals surface area (Å²) in [7, 11) is 0. The van der Waals surface area contributed by atoms with Gasteiger partial charge in [0.1, 0.15) is 4.83 Å². The second kappa shape index (κ2) is 6.19. The second-order valence-corrected chi connectivity index (χ2v) is 5.90. The highest BCUT2D eigenvalue weighted by molar-refractivity contribution is 7.20. The zero-order valence-corrected chi connectivity index (χ0v) is 13.2. The molecule has 0 radical (unpaired) electrons. The van der Waals surface area contributed by atoms with E-state index in [1.807, 2.05) is 0 Å². The number of halogens is 3. The Hall–Kier alpha value is -2.10. The molecule has 2 rings (SSSR count). The highest BCUT2D eigenvalue weighted by Crippen LogP contribution is 2.28. The summed E-state index contributed by atoms with van der Waals surface area (Å²) < 4.78 is 39.4. The maximum Gasteiger partial charge on any atom is 0.390 e. The molecule has 10 heteroatoms. The molecule has 2 heterocycles. The number of alkyl halides is 3. The van der Waals surface area contributed by atoms with Gasteiger partial charge >= 0.3 is 11.9 Å². The lowest BCUT2D eigenvalue weighted by molar-refractivity contribution is -0.136. The number of nitrogens with zero attached hydrogens (tertiary/aromatic N) is 3. The number of hydrogen-bond acceptors (Lipinski definition) is 5. The number of hydrogen-bond donors (Lipinski definition) is 1. The summed E-state index contributed by atoms with van der Waals surface area (Å²) in [4.78, 5) is 25.3. The van der Waals surface area contributed by atoms with Gasteiger partial charge in [-0.15, -0.1) is 11.3 Å². The van der Waals surface area contributed by atoms with Crippen LogP contribution in [0.3, 0.4) is 0 Å². The minimum Gasteiger partial charge on any atom is -0.411 e. The van der Waals surface area contributed by atoms with Crippen molar-refractivity contribution in [1.82, 2.24) is 9.13 Å². The second-order valence-electron chi connectivity index (χ2n) is 4.86. The quantitative estimate of drug-likeness (QED) is 0.523. The Morgan fingerprint density at radius 1 is 1.30 bits per heavy atom. The summed E-state index contributed by atoms with van der Waals surface area (Å²) in [5.41, 5.74) is -0.860. The average Bonchev–Trinajstić information content (AvgIpc) is 2.76. The minimum absolute atomic E-state index is 0.0539. The van der Waals surface area contributed by atoms with Gasteiger partial charge in [0.05, 0.1) is 22.9 Å². The topological polar surface area (TPSA) is 76.6 Å². The van der Waals surface area contributed by atoms with E-state index in [0.29, 0.717) is 10.4 Å². The molecule has 6 nitrogen and oxygen atoms in total. The predicted molar refractivity (Wildman–Crippen MR) is 80.8 cm³/mol. The molecule has 23 heavy (non-hydrogen) atoms. The lowest BCUT2D eigenvalue weighted by Crippen LogP contribution is -2.39. The van der Waals surface area contributed by atoms with Gasteiger partial charge in [-0.05, 0) is 19.4 Å². The Morgan fingerprint density at radius 2 is 1.96 bits per heavy atom. The van der Waals surface area contributed by atoms with Crippen LogP contribution in [0.15, 0.2) is 14.7 Å². The van der Waals surface area contributed by atoms with Crippen LogP contribution in [-0.4, -0.2) is 26.7 Å². The van der Waals surface area contributed by atoms with Crippen LogP contribution in [0.5, 0.6) is 0 Å². The first-order valence-electron chi connectivity index (χ1n) is 6.72. The van der Waals surface area contributed by atoms with E-state index in [-0.39, 0.29) is 16.8 Å². The van der Waals surface area contributed by atoms with E-state index in [1.54, 1.807) is 13.8 Å². The van der Waals surface area contributed by atoms with Gasteiger partial charge in [-0.25, -0.2) is 4.79 Å². The predicted octanol–water partition coefficient (Wildman–Crippen LogP) is 2.31. The molecule has 0 spiro atoms. The molecule has 0 aliphatic heterocycles. The fourth-order valence-electron chi connectivity index (χ4n) is 2.30. The van der Waals surface area contributed by atoms with Crippen molar-refractivity contribution < 1.29 is 18.4 Å². The van der Waals surface area contributed by atoms with Crippen LogP contribution in [0.2, 0.25) is 0 Å². The van der Waals surface area contributed by atoms with Crippen molar-refractivity contribution in [3.63, 3.8) is 0 Å². The standard InChI is InChI=1S/C13H14F3N3O3S/c1-3-18-10(20)9-7(2)8(6-17-22)23-11(9)19(12(18)21)5-4-13(14,15)16/h6,22H,3-5H2,1-2H3/b17-6-. The van der Waals surface area contributed by atoms with Crippen molar-refractivity contribution >= 4 is 27.8 Å². The maximum atomic E-state index is 12.5. The average molecular weight is 349 g/mol. The minimum atomic E-state index is -4.42. The molecule has 0 bridgehead atoms. The molecular weight excluding hydrogens is 335 g/mol. The van der Waals surface area contributed by atoms with Crippen LogP contribution in [-0.2, 0) is 13.1 Å².